The van der Waals surface area contributed by atoms with Gasteiger partial charge in [-0.2, -0.15) is 0 Å². The number of carbonyl (C=O) groups excluding carboxylic acids is 2. The van der Waals surface area contributed by atoms with E-state index in [1.54, 1.807) is 7.05 Å². The maximum atomic E-state index is 12.1. The summed E-state index contributed by atoms with van der Waals surface area (Å²) in [6.07, 6.45) is 1.96. The minimum absolute atomic E-state index is 0.0876. The minimum atomic E-state index is -0.454. The van der Waals surface area contributed by atoms with Crippen LogP contribution in [-0.2, 0) is 9.59 Å². The van der Waals surface area contributed by atoms with Gasteiger partial charge in [-0.05, 0) is 37.1 Å². The molecule has 1 unspecified atom stereocenters. The zero-order valence-electron chi connectivity index (χ0n) is 13.5. The first-order chi connectivity index (χ1) is 9.29. The molecular weight excluding hydrogens is 254 g/mol. The summed E-state index contributed by atoms with van der Waals surface area (Å²) in [5.74, 6) is 0.815. The normalized spacial score (nSPS) is 14.2. The molecule has 0 spiro atoms. The van der Waals surface area contributed by atoms with E-state index in [2.05, 4.69) is 24.5 Å². The lowest BCUT2D eigenvalue weighted by atomic mass is 9.93. The average Bonchev–Trinajstić information content (AvgIpc) is 2.34. The van der Waals surface area contributed by atoms with E-state index in [4.69, 9.17) is 5.73 Å². The first kappa shape index (κ1) is 18.9. The van der Waals surface area contributed by atoms with Crippen molar-refractivity contribution in [3.8, 4) is 0 Å². The van der Waals surface area contributed by atoms with Gasteiger partial charge in [-0.3, -0.25) is 9.59 Å². The highest BCUT2D eigenvalue weighted by molar-refractivity contribution is 5.87. The Morgan fingerprint density at radius 2 is 1.60 bits per heavy atom. The lowest BCUT2D eigenvalue weighted by Gasteiger charge is -2.21. The van der Waals surface area contributed by atoms with Crippen LogP contribution in [0.25, 0.3) is 0 Å². The lowest BCUT2D eigenvalue weighted by Crippen LogP contribution is -2.47. The number of hydrogen-bond donors (Lipinski definition) is 3. The number of carbonyl (C=O) groups is 2. The Bertz CT molecular complexity index is 303. The molecule has 0 aliphatic heterocycles. The van der Waals surface area contributed by atoms with E-state index in [-0.39, 0.29) is 17.7 Å². The topological polar surface area (TPSA) is 84.2 Å². The Labute approximate surface area is 123 Å². The first-order valence-corrected chi connectivity index (χ1v) is 7.51. The lowest BCUT2D eigenvalue weighted by molar-refractivity contribution is -0.129. The summed E-state index contributed by atoms with van der Waals surface area (Å²) in [5.41, 5.74) is 5.71. The van der Waals surface area contributed by atoms with Crippen molar-refractivity contribution >= 4 is 11.8 Å². The minimum Gasteiger partial charge on any atom is -0.357 e. The molecular formula is C15H31N3O2. The summed E-state index contributed by atoms with van der Waals surface area (Å²) >= 11 is 0. The second-order valence-corrected chi connectivity index (χ2v) is 6.30. The van der Waals surface area contributed by atoms with Crippen LogP contribution >= 0.6 is 0 Å². The third-order valence-electron chi connectivity index (χ3n) is 3.22. The molecule has 5 heteroatoms. The van der Waals surface area contributed by atoms with Crippen molar-refractivity contribution in [2.75, 3.05) is 13.6 Å². The summed E-state index contributed by atoms with van der Waals surface area (Å²) < 4.78 is 0. The first-order valence-electron chi connectivity index (χ1n) is 7.51. The maximum Gasteiger partial charge on any atom is 0.242 e. The van der Waals surface area contributed by atoms with Crippen molar-refractivity contribution < 1.29 is 9.59 Å². The zero-order chi connectivity index (χ0) is 15.7. The second-order valence-electron chi connectivity index (χ2n) is 6.30. The molecule has 0 saturated heterocycles. The van der Waals surface area contributed by atoms with Gasteiger partial charge in [0.1, 0.15) is 6.04 Å². The highest BCUT2D eigenvalue weighted by Crippen LogP contribution is 2.14. The predicted octanol–water partition coefficient (Wildman–Crippen LogP) is 1.27. The van der Waals surface area contributed by atoms with Crippen LogP contribution in [0.4, 0.5) is 0 Å². The molecule has 2 amide bonds. The van der Waals surface area contributed by atoms with Gasteiger partial charge >= 0.3 is 0 Å². The van der Waals surface area contributed by atoms with Crippen LogP contribution in [0.3, 0.4) is 0 Å². The molecule has 0 aliphatic rings. The third-order valence-corrected chi connectivity index (χ3v) is 3.22. The Kier molecular flexibility index (Phi) is 9.21. The fourth-order valence-corrected chi connectivity index (χ4v) is 2.32. The molecule has 0 radical (unpaired) electrons. The van der Waals surface area contributed by atoms with Gasteiger partial charge in [0.2, 0.25) is 11.8 Å². The van der Waals surface area contributed by atoms with Crippen LogP contribution in [0.15, 0.2) is 0 Å². The van der Waals surface area contributed by atoms with Crippen LogP contribution in [-0.4, -0.2) is 31.4 Å². The van der Waals surface area contributed by atoms with Crippen LogP contribution in [0.5, 0.6) is 0 Å². The van der Waals surface area contributed by atoms with Gasteiger partial charge in [0.15, 0.2) is 0 Å². The van der Waals surface area contributed by atoms with E-state index < -0.39 is 6.04 Å². The number of nitrogens with one attached hydrogen (secondary N) is 2. The average molecular weight is 285 g/mol. The van der Waals surface area contributed by atoms with E-state index in [1.165, 1.54) is 0 Å². The van der Waals surface area contributed by atoms with Crippen LogP contribution in [0.2, 0.25) is 0 Å². The van der Waals surface area contributed by atoms with Crippen LogP contribution in [0, 0.1) is 17.8 Å². The van der Waals surface area contributed by atoms with Gasteiger partial charge in [0, 0.05) is 13.5 Å². The summed E-state index contributed by atoms with van der Waals surface area (Å²) in [6.45, 7) is 8.80. The van der Waals surface area contributed by atoms with Crippen molar-refractivity contribution in [3.63, 3.8) is 0 Å². The largest absolute Gasteiger partial charge is 0.357 e. The van der Waals surface area contributed by atoms with Crippen molar-refractivity contribution in [3.05, 3.63) is 0 Å². The van der Waals surface area contributed by atoms with Crippen LogP contribution < -0.4 is 16.4 Å². The van der Waals surface area contributed by atoms with Gasteiger partial charge in [-0.1, -0.05) is 27.7 Å². The smallest absolute Gasteiger partial charge is 0.242 e. The quantitative estimate of drug-likeness (QED) is 0.596. The summed E-state index contributed by atoms with van der Waals surface area (Å²) in [4.78, 5) is 23.8. The van der Waals surface area contributed by atoms with Crippen LogP contribution in [0.1, 0.15) is 47.0 Å². The zero-order valence-corrected chi connectivity index (χ0v) is 13.5. The van der Waals surface area contributed by atoms with Crippen molar-refractivity contribution in [2.45, 2.75) is 53.0 Å². The molecule has 0 heterocycles. The maximum absolute atomic E-state index is 12.1. The van der Waals surface area contributed by atoms with Gasteiger partial charge in [-0.25, -0.2) is 0 Å². The number of nitrogens with two attached hydrogens (primary N) is 1. The van der Waals surface area contributed by atoms with Gasteiger partial charge in [0.05, 0.1) is 0 Å². The van der Waals surface area contributed by atoms with Crippen molar-refractivity contribution in [1.29, 1.82) is 0 Å². The number of amides is 2. The molecule has 0 aromatic carbocycles. The molecule has 0 aromatic rings. The monoisotopic (exact) mass is 285 g/mol. The van der Waals surface area contributed by atoms with E-state index in [1.807, 2.05) is 13.8 Å². The molecule has 2 atom stereocenters. The number of hydrogen-bond acceptors (Lipinski definition) is 3. The highest BCUT2D eigenvalue weighted by Gasteiger charge is 2.22. The summed E-state index contributed by atoms with van der Waals surface area (Å²) in [6, 6.07) is -0.454. The van der Waals surface area contributed by atoms with Gasteiger partial charge in [-0.15, -0.1) is 0 Å². The highest BCUT2D eigenvalue weighted by atomic mass is 16.2. The second kappa shape index (κ2) is 9.75. The molecule has 4 N–H and O–H groups in total. The molecule has 20 heavy (non-hydrogen) atoms. The van der Waals surface area contributed by atoms with Gasteiger partial charge < -0.3 is 16.4 Å². The van der Waals surface area contributed by atoms with E-state index in [0.717, 1.165) is 6.42 Å². The molecule has 0 aliphatic carbocycles. The molecule has 118 valence electrons. The van der Waals surface area contributed by atoms with E-state index in [0.29, 0.717) is 31.2 Å². The molecule has 0 rings (SSSR count). The molecule has 0 saturated carbocycles. The third kappa shape index (κ3) is 8.15. The fourth-order valence-electron chi connectivity index (χ4n) is 2.32. The summed E-state index contributed by atoms with van der Waals surface area (Å²) in [7, 11) is 1.59. The Morgan fingerprint density at radius 1 is 1.05 bits per heavy atom. The van der Waals surface area contributed by atoms with E-state index in [9.17, 15) is 9.59 Å². The molecule has 0 aromatic heterocycles. The SMILES string of the molecule is CNC(=O)C(CC(C)C)NC(=O)C[C@@H](CN)CC(C)C. The Morgan fingerprint density at radius 3 is 2.00 bits per heavy atom. The Hall–Kier alpha value is -1.10. The predicted molar refractivity (Wildman–Crippen MR) is 82.1 cm³/mol. The number of rotatable bonds is 9. The standard InChI is InChI=1S/C15H31N3O2/c1-10(2)6-12(9-16)8-14(19)18-13(7-11(3)4)15(20)17-5/h10-13H,6-9,16H2,1-5H3,(H,17,20)(H,18,19)/t12-,13?/m0/s1. The number of likely N-dealkylation sites (N-methyl/N-ethyl adjacent to an activating group) is 1. The van der Waals surface area contributed by atoms with Crippen molar-refractivity contribution in [1.82, 2.24) is 10.6 Å². The summed E-state index contributed by atoms with van der Waals surface area (Å²) in [5, 5.41) is 5.43. The van der Waals surface area contributed by atoms with E-state index >= 15 is 0 Å². The molecule has 0 fully saturated rings. The van der Waals surface area contributed by atoms with Crippen molar-refractivity contribution in [2.24, 2.45) is 23.5 Å². The molecule has 5 nitrogen and oxygen atoms in total. The Balaban J connectivity index is 4.47. The fraction of sp³-hybridized carbons (Fsp3) is 0.867. The van der Waals surface area contributed by atoms with Gasteiger partial charge in [0.25, 0.3) is 0 Å². The molecule has 0 bridgehead atoms.